The van der Waals surface area contributed by atoms with E-state index >= 15 is 0 Å². The molecule has 0 aliphatic carbocycles. The minimum atomic E-state index is -1.99. The highest BCUT2D eigenvalue weighted by atomic mass is 35.5. The lowest BCUT2D eigenvalue weighted by molar-refractivity contribution is -0.329. The summed E-state index contributed by atoms with van der Waals surface area (Å²) in [5.41, 5.74) is -0.0647. The Morgan fingerprint density at radius 2 is 1.74 bits per heavy atom. The molecule has 0 unspecified atom stereocenters. The molecule has 8 nitrogen and oxygen atoms in total. The maximum atomic E-state index is 10.7. The molecule has 2 bridgehead atoms. The third-order valence-corrected chi connectivity index (χ3v) is 6.28. The van der Waals surface area contributed by atoms with Gasteiger partial charge in [-0.15, -0.1) is 0 Å². The fourth-order valence-corrected chi connectivity index (χ4v) is 4.35. The average Bonchev–Trinajstić information content (AvgIpc) is 3.06. The summed E-state index contributed by atoms with van der Waals surface area (Å²) in [5, 5.41) is 52.0. The third kappa shape index (κ3) is 3.53. The normalized spacial score (nSPS) is 34.7. The Hall–Kier alpha value is -1.75. The van der Waals surface area contributed by atoms with E-state index in [-0.39, 0.29) is 5.56 Å². The van der Waals surface area contributed by atoms with Gasteiger partial charge in [-0.25, -0.2) is 0 Å². The first-order chi connectivity index (χ1) is 14.8. The van der Waals surface area contributed by atoms with Gasteiger partial charge in [0, 0.05) is 10.6 Å². The first-order valence-corrected chi connectivity index (χ1v) is 10.4. The van der Waals surface area contributed by atoms with Gasteiger partial charge in [0.1, 0.15) is 24.1 Å². The van der Waals surface area contributed by atoms with Crippen LogP contribution in [0, 0.1) is 0 Å². The van der Waals surface area contributed by atoms with Crippen molar-refractivity contribution in [1.82, 2.24) is 0 Å². The number of aliphatic hydroxyl groups is 5. The predicted octanol–water partition coefficient (Wildman–Crippen LogP) is 0.675. The smallest absolute Gasteiger partial charge is 0.227 e. The van der Waals surface area contributed by atoms with Gasteiger partial charge in [0.15, 0.2) is 11.9 Å². The highest BCUT2D eigenvalue weighted by Crippen LogP contribution is 2.52. The number of fused-ring (bicyclic) bond motifs is 2. The Bertz CT molecular complexity index is 938. The van der Waals surface area contributed by atoms with Crippen LogP contribution in [0.3, 0.4) is 0 Å². The van der Waals surface area contributed by atoms with Crippen LogP contribution in [0.2, 0.25) is 5.02 Å². The quantitative estimate of drug-likeness (QED) is 0.432. The van der Waals surface area contributed by atoms with Gasteiger partial charge in [-0.2, -0.15) is 0 Å². The SMILES string of the molecule is CCOc1ccc(Cc2cc([C@]34O[C@H](O)[C@](CO)(O3)[C@@H](O)[C@H](O)[C@H]4O)ccc2Cl)cc1. The van der Waals surface area contributed by atoms with Crippen molar-refractivity contribution < 1.29 is 39.7 Å². The van der Waals surface area contributed by atoms with Gasteiger partial charge >= 0.3 is 0 Å². The molecule has 31 heavy (non-hydrogen) atoms. The standard InChI is InChI=1S/C22H25ClO8/c1-2-29-15-6-3-12(4-7-15)9-13-10-14(5-8-16(13)23)22-19(27)17(25)18(26)21(11-24,31-22)20(28)30-22/h3-8,10,17-20,24-28H,2,9,11H2,1H3/t17-,18-,19+,20-,21+,22-/m0/s1. The molecule has 2 aromatic rings. The second-order valence-corrected chi connectivity index (χ2v) is 8.20. The Kier molecular flexibility index (Phi) is 6.01. The van der Waals surface area contributed by atoms with E-state index in [1.54, 1.807) is 12.1 Å². The van der Waals surface area contributed by atoms with E-state index in [9.17, 15) is 25.5 Å². The fraction of sp³-hybridized carbons (Fsp3) is 0.455. The van der Waals surface area contributed by atoms with Crippen molar-refractivity contribution in [2.24, 2.45) is 0 Å². The summed E-state index contributed by atoms with van der Waals surface area (Å²) in [6.45, 7) is 1.65. The molecule has 2 heterocycles. The molecule has 2 saturated heterocycles. The van der Waals surface area contributed by atoms with Crippen LogP contribution in [0.5, 0.6) is 5.75 Å². The van der Waals surface area contributed by atoms with E-state index in [1.165, 1.54) is 6.07 Å². The van der Waals surface area contributed by atoms with Crippen molar-refractivity contribution in [3.63, 3.8) is 0 Å². The summed E-state index contributed by atoms with van der Waals surface area (Å²) in [7, 11) is 0. The summed E-state index contributed by atoms with van der Waals surface area (Å²) in [6.07, 6.45) is -6.52. The molecule has 2 aliphatic heterocycles. The monoisotopic (exact) mass is 452 g/mol. The summed E-state index contributed by atoms with van der Waals surface area (Å²) in [6, 6.07) is 12.3. The Labute approximate surface area is 184 Å². The van der Waals surface area contributed by atoms with Crippen molar-refractivity contribution >= 4 is 11.6 Å². The van der Waals surface area contributed by atoms with Crippen molar-refractivity contribution in [2.45, 2.75) is 49.3 Å². The van der Waals surface area contributed by atoms with Crippen LogP contribution < -0.4 is 4.74 Å². The molecule has 5 N–H and O–H groups in total. The molecule has 0 saturated carbocycles. The minimum Gasteiger partial charge on any atom is -0.494 e. The maximum Gasteiger partial charge on any atom is 0.227 e. The topological polar surface area (TPSA) is 129 Å². The molecule has 2 fully saturated rings. The summed E-state index contributed by atoms with van der Waals surface area (Å²) >= 11 is 6.39. The van der Waals surface area contributed by atoms with Gasteiger partial charge in [-0.05, 0) is 48.7 Å². The minimum absolute atomic E-state index is 0.283. The summed E-state index contributed by atoms with van der Waals surface area (Å²) in [4.78, 5) is 0. The molecular formula is C22H25ClO8. The third-order valence-electron chi connectivity index (χ3n) is 5.91. The van der Waals surface area contributed by atoms with E-state index in [0.717, 1.165) is 11.3 Å². The zero-order valence-electron chi connectivity index (χ0n) is 16.8. The van der Waals surface area contributed by atoms with Crippen LogP contribution in [0.1, 0.15) is 23.6 Å². The largest absolute Gasteiger partial charge is 0.494 e. The number of hydrogen-bond acceptors (Lipinski definition) is 8. The number of aliphatic hydroxyl groups excluding tert-OH is 5. The molecule has 2 aromatic carbocycles. The first-order valence-electron chi connectivity index (χ1n) is 9.99. The molecule has 2 aliphatic rings. The summed E-state index contributed by atoms with van der Waals surface area (Å²) in [5.74, 6) is -1.23. The summed E-state index contributed by atoms with van der Waals surface area (Å²) < 4.78 is 16.7. The van der Waals surface area contributed by atoms with Gasteiger partial charge < -0.3 is 39.7 Å². The van der Waals surface area contributed by atoms with Gasteiger partial charge in [-0.3, -0.25) is 0 Å². The highest BCUT2D eigenvalue weighted by molar-refractivity contribution is 6.31. The number of ether oxygens (including phenoxy) is 3. The number of halogens is 1. The van der Waals surface area contributed by atoms with Crippen molar-refractivity contribution in [3.8, 4) is 5.75 Å². The molecule has 0 amide bonds. The van der Waals surface area contributed by atoms with Crippen LogP contribution in [0.15, 0.2) is 42.5 Å². The van der Waals surface area contributed by atoms with E-state index in [4.69, 9.17) is 25.8 Å². The lowest BCUT2D eigenvalue weighted by atomic mass is 9.83. The zero-order valence-corrected chi connectivity index (χ0v) is 17.6. The van der Waals surface area contributed by atoms with Gasteiger partial charge in [-0.1, -0.05) is 29.8 Å². The maximum absolute atomic E-state index is 10.7. The highest BCUT2D eigenvalue weighted by Gasteiger charge is 2.71. The molecule has 6 atom stereocenters. The molecule has 0 spiro atoms. The number of rotatable bonds is 6. The van der Waals surface area contributed by atoms with Crippen LogP contribution in [0.25, 0.3) is 0 Å². The molecular weight excluding hydrogens is 428 g/mol. The van der Waals surface area contributed by atoms with E-state index in [0.29, 0.717) is 23.6 Å². The van der Waals surface area contributed by atoms with Crippen LogP contribution in [-0.2, 0) is 21.7 Å². The van der Waals surface area contributed by atoms with Crippen LogP contribution in [-0.4, -0.2) is 68.9 Å². The Morgan fingerprint density at radius 1 is 1.03 bits per heavy atom. The van der Waals surface area contributed by atoms with E-state index in [2.05, 4.69) is 0 Å². The van der Waals surface area contributed by atoms with Crippen molar-refractivity contribution in [1.29, 1.82) is 0 Å². The molecule has 9 heteroatoms. The van der Waals surface area contributed by atoms with E-state index in [1.807, 2.05) is 31.2 Å². The predicted molar refractivity (Wildman–Crippen MR) is 110 cm³/mol. The Morgan fingerprint density at radius 3 is 2.39 bits per heavy atom. The molecule has 168 valence electrons. The van der Waals surface area contributed by atoms with Gasteiger partial charge in [0.2, 0.25) is 5.79 Å². The lowest BCUT2D eigenvalue weighted by Crippen LogP contribution is -2.66. The van der Waals surface area contributed by atoms with Gasteiger partial charge in [0.25, 0.3) is 0 Å². The lowest BCUT2D eigenvalue weighted by Gasteiger charge is -2.45. The van der Waals surface area contributed by atoms with Crippen molar-refractivity contribution in [3.05, 3.63) is 64.2 Å². The number of benzene rings is 2. The zero-order chi connectivity index (χ0) is 22.4. The van der Waals surface area contributed by atoms with Gasteiger partial charge in [0.05, 0.1) is 13.2 Å². The Balaban J connectivity index is 1.69. The first kappa shape index (κ1) is 22.4. The van der Waals surface area contributed by atoms with Crippen LogP contribution >= 0.6 is 11.6 Å². The fourth-order valence-electron chi connectivity index (χ4n) is 4.16. The second kappa shape index (κ2) is 8.31. The second-order valence-electron chi connectivity index (χ2n) is 7.79. The average molecular weight is 453 g/mol. The number of hydrogen-bond donors (Lipinski definition) is 5. The molecule has 4 rings (SSSR count). The van der Waals surface area contributed by atoms with E-state index < -0.39 is 42.6 Å². The molecule has 0 aromatic heterocycles. The van der Waals surface area contributed by atoms with Crippen molar-refractivity contribution in [2.75, 3.05) is 13.2 Å². The molecule has 0 radical (unpaired) electrons. The van der Waals surface area contributed by atoms with Crippen LogP contribution in [0.4, 0.5) is 0 Å².